The molecule has 3 aromatic rings. The first kappa shape index (κ1) is 23.8. The number of carbonyl (C=O) groups excluding carboxylic acids is 2. The Morgan fingerprint density at radius 2 is 1.89 bits per heavy atom. The highest BCUT2D eigenvalue weighted by Gasteiger charge is 2.35. The topological polar surface area (TPSA) is 94.5 Å². The third-order valence-corrected chi connectivity index (χ3v) is 5.40. The number of allylic oxidation sites excluding steroid dienone is 1. The van der Waals surface area contributed by atoms with Crippen LogP contribution in [0.2, 0.25) is 0 Å². The molecule has 2 N–H and O–H groups in total. The maximum absolute atomic E-state index is 13.1. The molecule has 4 rings (SSSR count). The number of rotatable bonds is 8. The van der Waals surface area contributed by atoms with Crippen molar-refractivity contribution >= 4 is 12.0 Å². The molecule has 8 heteroatoms. The van der Waals surface area contributed by atoms with E-state index >= 15 is 0 Å². The van der Waals surface area contributed by atoms with Gasteiger partial charge in [-0.3, -0.25) is 0 Å². The quantitative estimate of drug-likeness (QED) is 0.367. The minimum absolute atomic E-state index is 0.310. The highest BCUT2D eigenvalue weighted by molar-refractivity contribution is 5.95. The molecule has 1 aliphatic rings. The number of ether oxygens (including phenoxy) is 2. The van der Waals surface area contributed by atoms with E-state index in [1.165, 1.54) is 0 Å². The molecular weight excluding hydrogens is 444 g/mol. The van der Waals surface area contributed by atoms with Gasteiger partial charge in [0.25, 0.3) is 0 Å². The van der Waals surface area contributed by atoms with Crippen molar-refractivity contribution in [2.45, 2.75) is 32.9 Å². The number of nitrogens with zero attached hydrogens (tertiary/aromatic N) is 2. The molecule has 0 bridgehead atoms. The first-order valence-electron chi connectivity index (χ1n) is 11.4. The van der Waals surface area contributed by atoms with Crippen molar-refractivity contribution < 1.29 is 19.1 Å². The number of esters is 1. The van der Waals surface area contributed by atoms with Crippen molar-refractivity contribution in [3.8, 4) is 22.7 Å². The Morgan fingerprint density at radius 1 is 1.17 bits per heavy atom. The molecule has 1 aromatic heterocycles. The largest absolute Gasteiger partial charge is 0.490 e. The summed E-state index contributed by atoms with van der Waals surface area (Å²) < 4.78 is 12.8. The van der Waals surface area contributed by atoms with Gasteiger partial charge in [-0.15, -0.1) is 0 Å². The predicted octanol–water partition coefficient (Wildman–Crippen LogP) is 4.68. The van der Waals surface area contributed by atoms with Crippen LogP contribution in [0.25, 0.3) is 16.9 Å². The summed E-state index contributed by atoms with van der Waals surface area (Å²) in [4.78, 5) is 25.5. The number of hydrogen-bond acceptors (Lipinski definition) is 5. The van der Waals surface area contributed by atoms with Crippen molar-refractivity contribution in [1.82, 2.24) is 20.4 Å². The number of aromatic nitrogens is 2. The molecule has 1 unspecified atom stereocenters. The summed E-state index contributed by atoms with van der Waals surface area (Å²) in [5.41, 5.74) is 3.72. The molecule has 0 saturated heterocycles. The molecule has 1 aliphatic heterocycles. The van der Waals surface area contributed by atoms with E-state index in [0.29, 0.717) is 34.9 Å². The maximum atomic E-state index is 13.1. The van der Waals surface area contributed by atoms with Crippen LogP contribution in [-0.4, -0.2) is 34.5 Å². The predicted molar refractivity (Wildman–Crippen MR) is 133 cm³/mol. The average Bonchev–Trinajstić information content (AvgIpc) is 3.28. The van der Waals surface area contributed by atoms with E-state index in [1.807, 2.05) is 60.8 Å². The summed E-state index contributed by atoms with van der Waals surface area (Å²) in [5.74, 6) is 0.200. The van der Waals surface area contributed by atoms with Crippen molar-refractivity contribution in [3.63, 3.8) is 0 Å². The standard InChI is InChI=1S/C27H28N4O4/c1-5-15-34-21-13-11-19(12-14-21)24-22(16-31(30-24)20-9-7-6-8-10-20)25-23(26(32)35-17(2)3)18(4)28-27(33)29-25/h5-14,16-17,25H,1,15H2,2-4H3,(H2,28,29,33). The number of carbonyl (C=O) groups is 2. The summed E-state index contributed by atoms with van der Waals surface area (Å²) in [6.07, 6.45) is 3.20. The summed E-state index contributed by atoms with van der Waals surface area (Å²) in [6, 6.07) is 16.0. The van der Waals surface area contributed by atoms with Gasteiger partial charge in [-0.05, 0) is 57.2 Å². The van der Waals surface area contributed by atoms with Gasteiger partial charge in [-0.1, -0.05) is 30.9 Å². The lowest BCUT2D eigenvalue weighted by atomic mass is 9.93. The van der Waals surface area contributed by atoms with Gasteiger partial charge in [-0.25, -0.2) is 14.3 Å². The van der Waals surface area contributed by atoms with Crippen LogP contribution in [-0.2, 0) is 9.53 Å². The minimum atomic E-state index is -0.751. The normalized spacial score (nSPS) is 15.4. The molecule has 0 aliphatic carbocycles. The molecular formula is C27H28N4O4. The van der Waals surface area contributed by atoms with Gasteiger partial charge in [0.1, 0.15) is 12.4 Å². The molecule has 2 amide bonds. The Balaban J connectivity index is 1.84. The lowest BCUT2D eigenvalue weighted by Gasteiger charge is -2.28. The fraction of sp³-hybridized carbons (Fsp3) is 0.222. The molecule has 2 aromatic carbocycles. The van der Waals surface area contributed by atoms with E-state index in [4.69, 9.17) is 14.6 Å². The minimum Gasteiger partial charge on any atom is -0.490 e. The monoisotopic (exact) mass is 472 g/mol. The Morgan fingerprint density at radius 3 is 2.54 bits per heavy atom. The second-order valence-corrected chi connectivity index (χ2v) is 8.36. The molecule has 180 valence electrons. The van der Waals surface area contributed by atoms with E-state index < -0.39 is 18.0 Å². The molecule has 35 heavy (non-hydrogen) atoms. The van der Waals surface area contributed by atoms with Crippen LogP contribution in [0.1, 0.15) is 32.4 Å². The molecule has 0 radical (unpaired) electrons. The average molecular weight is 473 g/mol. The lowest BCUT2D eigenvalue weighted by Crippen LogP contribution is -2.45. The molecule has 2 heterocycles. The zero-order valence-electron chi connectivity index (χ0n) is 19.9. The van der Waals surface area contributed by atoms with Crippen LogP contribution >= 0.6 is 0 Å². The summed E-state index contributed by atoms with van der Waals surface area (Å²) in [7, 11) is 0. The smallest absolute Gasteiger partial charge is 0.338 e. The van der Waals surface area contributed by atoms with Crippen LogP contribution < -0.4 is 15.4 Å². The highest BCUT2D eigenvalue weighted by atomic mass is 16.5. The third-order valence-electron chi connectivity index (χ3n) is 5.40. The summed E-state index contributed by atoms with van der Waals surface area (Å²) >= 11 is 0. The maximum Gasteiger partial charge on any atom is 0.338 e. The van der Waals surface area contributed by atoms with Crippen LogP contribution in [0.15, 0.2) is 84.7 Å². The van der Waals surface area contributed by atoms with E-state index in [1.54, 1.807) is 31.5 Å². The molecule has 8 nitrogen and oxygen atoms in total. The van der Waals surface area contributed by atoms with Crippen LogP contribution in [0.3, 0.4) is 0 Å². The van der Waals surface area contributed by atoms with Crippen LogP contribution in [0.4, 0.5) is 4.79 Å². The molecule has 0 fully saturated rings. The highest BCUT2D eigenvalue weighted by Crippen LogP contribution is 2.35. The zero-order chi connectivity index (χ0) is 24.9. The first-order chi connectivity index (χ1) is 16.9. The van der Waals surface area contributed by atoms with Gasteiger partial charge in [0.05, 0.1) is 29.1 Å². The second-order valence-electron chi connectivity index (χ2n) is 8.36. The number of para-hydroxylation sites is 1. The van der Waals surface area contributed by atoms with Crippen molar-refractivity contribution in [1.29, 1.82) is 0 Å². The van der Waals surface area contributed by atoms with Crippen molar-refractivity contribution in [3.05, 3.63) is 90.3 Å². The second kappa shape index (κ2) is 10.3. The first-order valence-corrected chi connectivity index (χ1v) is 11.4. The van der Waals surface area contributed by atoms with Gasteiger partial charge in [0.2, 0.25) is 0 Å². The SMILES string of the molecule is C=CCOc1ccc(-c2nn(-c3ccccc3)cc2C2NC(=O)NC(C)=C2C(=O)OC(C)C)cc1. The fourth-order valence-electron chi connectivity index (χ4n) is 3.88. The molecule has 0 saturated carbocycles. The zero-order valence-corrected chi connectivity index (χ0v) is 19.9. The van der Waals surface area contributed by atoms with E-state index in [0.717, 1.165) is 11.3 Å². The van der Waals surface area contributed by atoms with Crippen molar-refractivity contribution in [2.75, 3.05) is 6.61 Å². The summed E-state index contributed by atoms with van der Waals surface area (Å²) in [5, 5.41) is 10.4. The van der Waals surface area contributed by atoms with Crippen LogP contribution in [0, 0.1) is 0 Å². The summed E-state index contributed by atoms with van der Waals surface area (Å²) in [6.45, 7) is 9.33. The van der Waals surface area contributed by atoms with E-state index in [-0.39, 0.29) is 6.10 Å². The number of nitrogens with one attached hydrogen (secondary N) is 2. The number of amides is 2. The Kier molecular flexibility index (Phi) is 7.01. The van der Waals surface area contributed by atoms with Crippen molar-refractivity contribution in [2.24, 2.45) is 0 Å². The van der Waals surface area contributed by atoms with E-state index in [9.17, 15) is 9.59 Å². The Bertz CT molecular complexity index is 1260. The van der Waals surface area contributed by atoms with Gasteiger partial charge >= 0.3 is 12.0 Å². The van der Waals surface area contributed by atoms with Gasteiger partial charge < -0.3 is 20.1 Å². The number of benzene rings is 2. The van der Waals surface area contributed by atoms with Gasteiger partial charge in [-0.2, -0.15) is 5.10 Å². The van der Waals surface area contributed by atoms with E-state index in [2.05, 4.69) is 17.2 Å². The molecule has 0 spiro atoms. The van der Waals surface area contributed by atoms with Gasteiger partial charge in [0.15, 0.2) is 0 Å². The van der Waals surface area contributed by atoms with Crippen LogP contribution in [0.5, 0.6) is 5.75 Å². The third kappa shape index (κ3) is 5.27. The lowest BCUT2D eigenvalue weighted by molar-refractivity contribution is -0.143. The fourth-order valence-corrected chi connectivity index (χ4v) is 3.88. The number of urea groups is 1. The number of hydrogen-bond donors (Lipinski definition) is 2. The Hall–Kier alpha value is -4.33. The molecule has 1 atom stereocenters. The Labute approximate surface area is 204 Å². The van der Waals surface area contributed by atoms with Gasteiger partial charge in [0, 0.05) is 23.0 Å².